The van der Waals surface area contributed by atoms with Crippen molar-refractivity contribution in [3.63, 3.8) is 0 Å². The third-order valence-electron chi connectivity index (χ3n) is 4.14. The Morgan fingerprint density at radius 2 is 2.20 bits per heavy atom. The fraction of sp³-hybridized carbons (Fsp3) is 0.368. The average molecular weight is 340 g/mol. The number of hydrogen-bond donors (Lipinski definition) is 2. The number of unbranched alkanes of at least 4 members (excludes halogenated alkanes) is 1. The first-order valence-electron chi connectivity index (χ1n) is 8.60. The monoisotopic (exact) mass is 340 g/mol. The molecular weight excluding hydrogens is 316 g/mol. The third-order valence-corrected chi connectivity index (χ3v) is 4.14. The van der Waals surface area contributed by atoms with Gasteiger partial charge < -0.3 is 14.8 Å². The molecule has 0 atom stereocenters. The van der Waals surface area contributed by atoms with E-state index in [1.807, 2.05) is 24.3 Å². The van der Waals surface area contributed by atoms with Crippen LogP contribution in [0.25, 0.3) is 10.9 Å². The van der Waals surface area contributed by atoms with Gasteiger partial charge in [-0.05, 0) is 18.6 Å². The lowest BCUT2D eigenvalue weighted by Crippen LogP contribution is -2.07. The molecule has 1 aromatic carbocycles. The standard InChI is InChI=1S/C19H24N4O2/c1-3-4-9-20-17(16-12-14-7-5-6-8-15(14)22-16)18-19(24)23(13-21-18)10-11-25-2/h5-8,12-13,22,24H,3-4,9-11H2,1-2H3. The van der Waals surface area contributed by atoms with E-state index in [9.17, 15) is 5.11 Å². The Kier molecular flexibility index (Phi) is 5.50. The van der Waals surface area contributed by atoms with Gasteiger partial charge in [-0.3, -0.25) is 9.56 Å². The number of aromatic nitrogens is 3. The molecule has 0 fully saturated rings. The number of aliphatic imine (C=N–C) groups is 1. The largest absolute Gasteiger partial charge is 0.493 e. The van der Waals surface area contributed by atoms with Crippen molar-refractivity contribution in [2.45, 2.75) is 26.3 Å². The second-order valence-electron chi connectivity index (χ2n) is 5.96. The summed E-state index contributed by atoms with van der Waals surface area (Å²) in [5.74, 6) is 0.117. The molecule has 2 aromatic heterocycles. The van der Waals surface area contributed by atoms with Gasteiger partial charge in [-0.1, -0.05) is 31.5 Å². The maximum atomic E-state index is 10.6. The highest BCUT2D eigenvalue weighted by atomic mass is 16.5. The zero-order chi connectivity index (χ0) is 17.6. The lowest BCUT2D eigenvalue weighted by Gasteiger charge is -2.06. The third kappa shape index (κ3) is 3.74. The quantitative estimate of drug-likeness (QED) is 0.488. The Hall–Kier alpha value is -2.60. The molecule has 0 radical (unpaired) electrons. The van der Waals surface area contributed by atoms with E-state index in [0.717, 1.165) is 29.4 Å². The molecule has 0 unspecified atom stereocenters. The topological polar surface area (TPSA) is 75.4 Å². The van der Waals surface area contributed by atoms with Crippen LogP contribution in [0.15, 0.2) is 41.7 Å². The van der Waals surface area contributed by atoms with Crippen LogP contribution in [0.2, 0.25) is 0 Å². The summed E-state index contributed by atoms with van der Waals surface area (Å²) < 4.78 is 6.76. The number of hydrogen-bond acceptors (Lipinski definition) is 4. The fourth-order valence-corrected chi connectivity index (χ4v) is 2.73. The molecular formula is C19H24N4O2. The summed E-state index contributed by atoms with van der Waals surface area (Å²) in [7, 11) is 1.64. The molecule has 6 nitrogen and oxygen atoms in total. The van der Waals surface area contributed by atoms with Crippen molar-refractivity contribution in [3.05, 3.63) is 48.0 Å². The molecule has 0 aliphatic rings. The number of aromatic amines is 1. The van der Waals surface area contributed by atoms with Gasteiger partial charge in [0, 0.05) is 24.6 Å². The van der Waals surface area contributed by atoms with Gasteiger partial charge in [-0.2, -0.15) is 0 Å². The molecule has 25 heavy (non-hydrogen) atoms. The predicted molar refractivity (Wildman–Crippen MR) is 99.5 cm³/mol. The Labute approximate surface area is 147 Å². The molecule has 0 aliphatic heterocycles. The number of nitrogens with zero attached hydrogens (tertiary/aromatic N) is 3. The van der Waals surface area contributed by atoms with Gasteiger partial charge in [0.05, 0.1) is 25.2 Å². The van der Waals surface area contributed by atoms with Crippen molar-refractivity contribution in [2.24, 2.45) is 4.99 Å². The van der Waals surface area contributed by atoms with E-state index in [0.29, 0.717) is 31.1 Å². The van der Waals surface area contributed by atoms with Gasteiger partial charge >= 0.3 is 0 Å². The number of para-hydroxylation sites is 1. The molecule has 2 N–H and O–H groups in total. The molecule has 0 bridgehead atoms. The lowest BCUT2D eigenvalue weighted by molar-refractivity contribution is 0.184. The number of methoxy groups -OCH3 is 1. The van der Waals surface area contributed by atoms with Crippen molar-refractivity contribution < 1.29 is 9.84 Å². The molecule has 0 aliphatic carbocycles. The first-order chi connectivity index (χ1) is 12.2. The maximum Gasteiger partial charge on any atom is 0.221 e. The lowest BCUT2D eigenvalue weighted by atomic mass is 10.2. The Bertz CT molecular complexity index is 830. The summed E-state index contributed by atoms with van der Waals surface area (Å²) in [4.78, 5) is 12.5. The van der Waals surface area contributed by atoms with E-state index in [1.165, 1.54) is 0 Å². The van der Waals surface area contributed by atoms with Crippen molar-refractivity contribution in [1.29, 1.82) is 0 Å². The summed E-state index contributed by atoms with van der Waals surface area (Å²) in [5, 5.41) is 11.7. The van der Waals surface area contributed by atoms with E-state index >= 15 is 0 Å². The van der Waals surface area contributed by atoms with Gasteiger partial charge in [0.25, 0.3) is 0 Å². The molecule has 0 saturated heterocycles. The summed E-state index contributed by atoms with van der Waals surface area (Å²) in [6, 6.07) is 10.1. The number of imidazole rings is 1. The highest BCUT2D eigenvalue weighted by Crippen LogP contribution is 2.23. The van der Waals surface area contributed by atoms with Crippen molar-refractivity contribution >= 4 is 16.6 Å². The number of rotatable bonds is 8. The molecule has 2 heterocycles. The SMILES string of the molecule is CCCCN=C(c1cc2ccccc2[nH]1)c1ncn(CCOC)c1O. The average Bonchev–Trinajstić information content (AvgIpc) is 3.21. The first kappa shape index (κ1) is 17.2. The Balaban J connectivity index is 2.00. The van der Waals surface area contributed by atoms with Crippen LogP contribution < -0.4 is 0 Å². The van der Waals surface area contributed by atoms with Crippen molar-refractivity contribution in [1.82, 2.24) is 14.5 Å². The number of H-pyrrole nitrogens is 1. The van der Waals surface area contributed by atoms with Crippen molar-refractivity contribution in [3.8, 4) is 5.88 Å². The van der Waals surface area contributed by atoms with Crippen LogP contribution >= 0.6 is 0 Å². The molecule has 0 saturated carbocycles. The van der Waals surface area contributed by atoms with E-state index in [4.69, 9.17) is 9.73 Å². The van der Waals surface area contributed by atoms with E-state index < -0.39 is 0 Å². The second kappa shape index (κ2) is 7.98. The first-order valence-corrected chi connectivity index (χ1v) is 8.60. The summed E-state index contributed by atoms with van der Waals surface area (Å²) >= 11 is 0. The number of fused-ring (bicyclic) bond motifs is 1. The normalized spacial score (nSPS) is 12.2. The molecule has 132 valence electrons. The highest BCUT2D eigenvalue weighted by molar-refractivity contribution is 6.13. The number of ether oxygens (including phenoxy) is 1. The molecule has 3 aromatic rings. The van der Waals surface area contributed by atoms with Gasteiger partial charge in [-0.25, -0.2) is 4.98 Å². The second-order valence-corrected chi connectivity index (χ2v) is 5.96. The zero-order valence-corrected chi connectivity index (χ0v) is 14.7. The molecule has 0 amide bonds. The van der Waals surface area contributed by atoms with Gasteiger partial charge in [-0.15, -0.1) is 0 Å². The van der Waals surface area contributed by atoms with Gasteiger partial charge in [0.15, 0.2) is 5.69 Å². The summed E-state index contributed by atoms with van der Waals surface area (Å²) in [5.41, 5.74) is 3.10. The fourth-order valence-electron chi connectivity index (χ4n) is 2.73. The van der Waals surface area contributed by atoms with Crippen LogP contribution in [0.3, 0.4) is 0 Å². The number of nitrogens with one attached hydrogen (secondary N) is 1. The van der Waals surface area contributed by atoms with E-state index in [-0.39, 0.29) is 5.88 Å². The number of benzene rings is 1. The van der Waals surface area contributed by atoms with Gasteiger partial charge in [0.2, 0.25) is 5.88 Å². The highest BCUT2D eigenvalue weighted by Gasteiger charge is 2.19. The smallest absolute Gasteiger partial charge is 0.221 e. The van der Waals surface area contributed by atoms with E-state index in [1.54, 1.807) is 18.0 Å². The minimum atomic E-state index is 0.117. The van der Waals surface area contributed by atoms with Crippen molar-refractivity contribution in [2.75, 3.05) is 20.3 Å². The zero-order valence-electron chi connectivity index (χ0n) is 14.7. The maximum absolute atomic E-state index is 10.6. The van der Waals surface area contributed by atoms with Crippen LogP contribution in [-0.2, 0) is 11.3 Å². The Morgan fingerprint density at radius 1 is 1.36 bits per heavy atom. The molecule has 3 rings (SSSR count). The Morgan fingerprint density at radius 3 is 2.96 bits per heavy atom. The van der Waals surface area contributed by atoms with E-state index in [2.05, 4.69) is 23.0 Å². The van der Waals surface area contributed by atoms with Gasteiger partial charge in [0.1, 0.15) is 5.71 Å². The summed E-state index contributed by atoms with van der Waals surface area (Å²) in [6.45, 7) is 3.89. The van der Waals surface area contributed by atoms with Crippen LogP contribution in [0.1, 0.15) is 31.2 Å². The predicted octanol–water partition coefficient (Wildman–Crippen LogP) is 3.35. The van der Waals surface area contributed by atoms with Crippen LogP contribution in [0.4, 0.5) is 0 Å². The van der Waals surface area contributed by atoms with Crippen LogP contribution in [0.5, 0.6) is 5.88 Å². The number of aromatic hydroxyl groups is 1. The van der Waals surface area contributed by atoms with Crippen LogP contribution in [0, 0.1) is 0 Å². The summed E-state index contributed by atoms with van der Waals surface area (Å²) in [6.07, 6.45) is 3.69. The minimum absolute atomic E-state index is 0.117. The molecule has 0 spiro atoms. The molecule has 6 heteroatoms. The van der Waals surface area contributed by atoms with Crippen LogP contribution in [-0.4, -0.2) is 45.6 Å². The minimum Gasteiger partial charge on any atom is -0.493 e.